The van der Waals surface area contributed by atoms with Crippen LogP contribution in [0, 0.1) is 0 Å². The minimum Gasteiger partial charge on any atom is -0.486 e. The van der Waals surface area contributed by atoms with Crippen LogP contribution in [0.4, 0.5) is 0 Å². The molecule has 2 atom stereocenters. The number of benzene rings is 1. The van der Waals surface area contributed by atoms with Crippen molar-refractivity contribution in [1.29, 1.82) is 0 Å². The summed E-state index contributed by atoms with van der Waals surface area (Å²) >= 11 is 0. The number of para-hydroxylation sites is 2. The third-order valence-electron chi connectivity index (χ3n) is 2.63. The summed E-state index contributed by atoms with van der Waals surface area (Å²) in [5.41, 5.74) is 6.02. The summed E-state index contributed by atoms with van der Waals surface area (Å²) in [5, 5.41) is 0. The molecule has 1 aliphatic rings. The summed E-state index contributed by atoms with van der Waals surface area (Å²) in [5.74, 6) is 1.53. The lowest BCUT2D eigenvalue weighted by Gasteiger charge is -2.30. The van der Waals surface area contributed by atoms with Gasteiger partial charge in [0.25, 0.3) is 0 Å². The molecule has 17 heavy (non-hydrogen) atoms. The van der Waals surface area contributed by atoms with Crippen molar-refractivity contribution in [1.82, 2.24) is 0 Å². The van der Waals surface area contributed by atoms with E-state index in [2.05, 4.69) is 0 Å². The SMILES string of the molecule is CC(C)OCC(N)C1COc2ccccc2O1. The molecule has 2 N–H and O–H groups in total. The lowest BCUT2D eigenvalue weighted by molar-refractivity contribution is 0.0132. The van der Waals surface area contributed by atoms with Crippen LogP contribution in [0.2, 0.25) is 0 Å². The molecule has 0 aliphatic carbocycles. The second kappa shape index (κ2) is 5.38. The Morgan fingerprint density at radius 3 is 2.76 bits per heavy atom. The van der Waals surface area contributed by atoms with Crippen LogP contribution in [0.15, 0.2) is 24.3 Å². The van der Waals surface area contributed by atoms with Crippen molar-refractivity contribution in [3.63, 3.8) is 0 Å². The Morgan fingerprint density at radius 1 is 1.35 bits per heavy atom. The third-order valence-corrected chi connectivity index (χ3v) is 2.63. The molecule has 1 aliphatic heterocycles. The Hall–Kier alpha value is -1.26. The quantitative estimate of drug-likeness (QED) is 0.863. The molecule has 0 fully saturated rings. The van der Waals surface area contributed by atoms with Gasteiger partial charge in [-0.3, -0.25) is 0 Å². The molecular weight excluding hydrogens is 218 g/mol. The highest BCUT2D eigenvalue weighted by Gasteiger charge is 2.26. The summed E-state index contributed by atoms with van der Waals surface area (Å²) in [4.78, 5) is 0. The molecule has 0 aromatic heterocycles. The van der Waals surface area contributed by atoms with E-state index in [9.17, 15) is 0 Å². The molecule has 0 radical (unpaired) electrons. The first-order valence-corrected chi connectivity index (χ1v) is 5.92. The molecule has 1 aromatic rings. The Labute approximate surface area is 102 Å². The van der Waals surface area contributed by atoms with Gasteiger partial charge in [0.05, 0.1) is 18.8 Å². The number of fused-ring (bicyclic) bond motifs is 1. The molecule has 0 amide bonds. The van der Waals surface area contributed by atoms with Crippen molar-refractivity contribution in [2.75, 3.05) is 13.2 Å². The molecule has 1 aromatic carbocycles. The molecule has 2 unspecified atom stereocenters. The summed E-state index contributed by atoms with van der Waals surface area (Å²) < 4.78 is 16.9. The molecule has 2 rings (SSSR count). The average molecular weight is 237 g/mol. The van der Waals surface area contributed by atoms with Crippen LogP contribution in [0.5, 0.6) is 11.5 Å². The minimum atomic E-state index is -0.175. The van der Waals surface area contributed by atoms with Crippen molar-refractivity contribution >= 4 is 0 Å². The topological polar surface area (TPSA) is 53.7 Å². The van der Waals surface area contributed by atoms with Gasteiger partial charge >= 0.3 is 0 Å². The van der Waals surface area contributed by atoms with Crippen molar-refractivity contribution in [3.8, 4) is 11.5 Å². The lowest BCUT2D eigenvalue weighted by atomic mass is 10.1. The van der Waals surface area contributed by atoms with Gasteiger partial charge in [0.2, 0.25) is 0 Å². The Balaban J connectivity index is 1.93. The fourth-order valence-corrected chi connectivity index (χ4v) is 1.66. The van der Waals surface area contributed by atoms with E-state index >= 15 is 0 Å². The van der Waals surface area contributed by atoms with E-state index in [0.717, 1.165) is 11.5 Å². The van der Waals surface area contributed by atoms with Crippen LogP contribution < -0.4 is 15.2 Å². The number of hydrogen-bond acceptors (Lipinski definition) is 4. The van der Waals surface area contributed by atoms with E-state index in [1.165, 1.54) is 0 Å². The Bertz CT molecular complexity index is 367. The highest BCUT2D eigenvalue weighted by Crippen LogP contribution is 2.31. The van der Waals surface area contributed by atoms with Gasteiger partial charge < -0.3 is 19.9 Å². The normalized spacial score (nSPS) is 20.4. The monoisotopic (exact) mass is 237 g/mol. The first-order valence-electron chi connectivity index (χ1n) is 5.92. The average Bonchev–Trinajstić information content (AvgIpc) is 2.35. The van der Waals surface area contributed by atoms with E-state index in [1.54, 1.807) is 0 Å². The van der Waals surface area contributed by atoms with Gasteiger partial charge in [-0.25, -0.2) is 0 Å². The predicted octanol–water partition coefficient (Wildman–Crippen LogP) is 1.58. The lowest BCUT2D eigenvalue weighted by Crippen LogP contribution is -2.47. The molecular formula is C13H19NO3. The summed E-state index contributed by atoms with van der Waals surface area (Å²) in [6.07, 6.45) is 0.0292. The standard InChI is InChI=1S/C13H19NO3/c1-9(2)15-7-10(14)13-8-16-11-5-3-4-6-12(11)17-13/h3-6,9-10,13H,7-8,14H2,1-2H3. The van der Waals surface area contributed by atoms with Gasteiger partial charge in [0, 0.05) is 0 Å². The first-order chi connectivity index (χ1) is 8.16. The van der Waals surface area contributed by atoms with Crippen LogP contribution in [-0.2, 0) is 4.74 Å². The van der Waals surface area contributed by atoms with Gasteiger partial charge in [0.15, 0.2) is 11.5 Å². The van der Waals surface area contributed by atoms with E-state index in [1.807, 2.05) is 38.1 Å². The fraction of sp³-hybridized carbons (Fsp3) is 0.538. The van der Waals surface area contributed by atoms with E-state index in [0.29, 0.717) is 13.2 Å². The number of nitrogens with two attached hydrogens (primary N) is 1. The molecule has 0 saturated heterocycles. The van der Waals surface area contributed by atoms with E-state index < -0.39 is 0 Å². The highest BCUT2D eigenvalue weighted by atomic mass is 16.6. The van der Waals surface area contributed by atoms with Gasteiger partial charge in [-0.1, -0.05) is 12.1 Å². The number of rotatable bonds is 4. The van der Waals surface area contributed by atoms with Gasteiger partial charge in [-0.2, -0.15) is 0 Å². The van der Waals surface area contributed by atoms with Gasteiger partial charge in [0.1, 0.15) is 12.7 Å². The highest BCUT2D eigenvalue weighted by molar-refractivity contribution is 5.40. The van der Waals surface area contributed by atoms with Crippen LogP contribution in [-0.4, -0.2) is 31.5 Å². The predicted molar refractivity (Wildman–Crippen MR) is 65.4 cm³/mol. The molecule has 1 heterocycles. The minimum absolute atomic E-state index is 0.149. The molecule has 4 heteroatoms. The molecule has 94 valence electrons. The van der Waals surface area contributed by atoms with Crippen LogP contribution in [0.1, 0.15) is 13.8 Å². The Morgan fingerprint density at radius 2 is 2.06 bits per heavy atom. The van der Waals surface area contributed by atoms with Crippen molar-refractivity contribution < 1.29 is 14.2 Å². The second-order valence-electron chi connectivity index (χ2n) is 4.46. The van der Waals surface area contributed by atoms with E-state index in [4.69, 9.17) is 19.9 Å². The van der Waals surface area contributed by atoms with E-state index in [-0.39, 0.29) is 18.2 Å². The zero-order chi connectivity index (χ0) is 12.3. The molecule has 4 nitrogen and oxygen atoms in total. The number of hydrogen-bond donors (Lipinski definition) is 1. The van der Waals surface area contributed by atoms with Gasteiger partial charge in [-0.05, 0) is 26.0 Å². The van der Waals surface area contributed by atoms with Crippen LogP contribution >= 0.6 is 0 Å². The largest absolute Gasteiger partial charge is 0.486 e. The number of ether oxygens (including phenoxy) is 3. The Kier molecular flexibility index (Phi) is 3.86. The van der Waals surface area contributed by atoms with Crippen LogP contribution in [0.25, 0.3) is 0 Å². The maximum absolute atomic E-state index is 6.02. The summed E-state index contributed by atoms with van der Waals surface area (Å²) in [6.45, 7) is 4.92. The summed E-state index contributed by atoms with van der Waals surface area (Å²) in [7, 11) is 0. The zero-order valence-electron chi connectivity index (χ0n) is 10.3. The first kappa shape index (κ1) is 12.2. The van der Waals surface area contributed by atoms with Crippen LogP contribution in [0.3, 0.4) is 0 Å². The van der Waals surface area contributed by atoms with Crippen molar-refractivity contribution in [2.24, 2.45) is 5.73 Å². The molecule has 0 bridgehead atoms. The molecule has 0 saturated carbocycles. The maximum Gasteiger partial charge on any atom is 0.161 e. The smallest absolute Gasteiger partial charge is 0.161 e. The molecule has 0 spiro atoms. The van der Waals surface area contributed by atoms with Gasteiger partial charge in [-0.15, -0.1) is 0 Å². The summed E-state index contributed by atoms with van der Waals surface area (Å²) in [6, 6.07) is 7.44. The van der Waals surface area contributed by atoms with Crippen molar-refractivity contribution in [3.05, 3.63) is 24.3 Å². The third kappa shape index (κ3) is 3.11. The second-order valence-corrected chi connectivity index (χ2v) is 4.46. The fourth-order valence-electron chi connectivity index (χ4n) is 1.66. The zero-order valence-corrected chi connectivity index (χ0v) is 10.3. The maximum atomic E-state index is 6.02. The van der Waals surface area contributed by atoms with Crippen molar-refractivity contribution in [2.45, 2.75) is 32.1 Å².